The molecule has 6 nitrogen and oxygen atoms in total. The number of thiophene rings is 1. The molecule has 180 valence electrons. The number of nitrogens with zero attached hydrogens (tertiary/aromatic N) is 2. The summed E-state index contributed by atoms with van der Waals surface area (Å²) in [7, 11) is 0. The van der Waals surface area contributed by atoms with E-state index in [0.29, 0.717) is 29.9 Å². The topological polar surface area (TPSA) is 78.1 Å². The molecule has 3 aromatic rings. The number of piperidine rings is 1. The Hall–Kier alpha value is -2.16. The highest BCUT2D eigenvalue weighted by molar-refractivity contribution is 7.99. The van der Waals surface area contributed by atoms with Crippen molar-refractivity contribution in [3.63, 3.8) is 0 Å². The van der Waals surface area contributed by atoms with Crippen LogP contribution in [0.5, 0.6) is 0 Å². The Bertz CT molecular complexity index is 1220. The predicted molar refractivity (Wildman–Crippen MR) is 140 cm³/mol. The van der Waals surface area contributed by atoms with Gasteiger partial charge < -0.3 is 10.3 Å². The molecule has 0 spiro atoms. The molecule has 3 heterocycles. The molecule has 1 aliphatic heterocycles. The molecule has 0 radical (unpaired) electrons. The molecule has 1 saturated heterocycles. The van der Waals surface area contributed by atoms with E-state index in [0.717, 1.165) is 41.6 Å². The smallest absolute Gasteiger partial charge is 0.259 e. The Morgan fingerprint density at radius 3 is 2.85 bits per heavy atom. The zero-order valence-corrected chi connectivity index (χ0v) is 21.3. The monoisotopic (exact) mass is 496 g/mol. The van der Waals surface area contributed by atoms with Gasteiger partial charge in [0.1, 0.15) is 10.7 Å². The van der Waals surface area contributed by atoms with Gasteiger partial charge in [0, 0.05) is 24.0 Å². The minimum absolute atomic E-state index is 0.00487. The number of carbonyl (C=O) groups excluding carboxylic acids is 1. The van der Waals surface area contributed by atoms with Crippen LogP contribution in [0.3, 0.4) is 0 Å². The van der Waals surface area contributed by atoms with Crippen LogP contribution < -0.4 is 10.9 Å². The molecule has 1 fully saturated rings. The van der Waals surface area contributed by atoms with Crippen LogP contribution in [0, 0.1) is 0 Å². The number of benzene rings is 1. The molecule has 34 heavy (non-hydrogen) atoms. The fraction of sp³-hybridized carbons (Fsp3) is 0.500. The highest BCUT2D eigenvalue weighted by Crippen LogP contribution is 2.34. The fourth-order valence-corrected chi connectivity index (χ4v) is 7.00. The van der Waals surface area contributed by atoms with Crippen LogP contribution >= 0.6 is 23.1 Å². The van der Waals surface area contributed by atoms with E-state index >= 15 is 0 Å². The molecular formula is C26H32N4O2S2. The molecule has 1 unspecified atom stereocenters. The number of carbonyl (C=O) groups is 1. The van der Waals surface area contributed by atoms with Gasteiger partial charge in [-0.2, -0.15) is 0 Å². The molecule has 2 aromatic heterocycles. The number of likely N-dealkylation sites (tertiary alicyclic amines) is 1. The summed E-state index contributed by atoms with van der Waals surface area (Å²) in [5.41, 5.74) is 3.59. The normalized spacial score (nSPS) is 18.3. The summed E-state index contributed by atoms with van der Waals surface area (Å²) in [6.45, 7) is 5.03. The number of rotatable bonds is 8. The first-order valence-corrected chi connectivity index (χ1v) is 14.2. The van der Waals surface area contributed by atoms with Crippen LogP contribution in [0.15, 0.2) is 29.1 Å². The predicted octanol–water partition coefficient (Wildman–Crippen LogP) is 4.40. The highest BCUT2D eigenvalue weighted by atomic mass is 32.2. The molecule has 1 aromatic carbocycles. The summed E-state index contributed by atoms with van der Waals surface area (Å²) in [5.74, 6) is 1.50. The van der Waals surface area contributed by atoms with E-state index in [9.17, 15) is 9.59 Å². The summed E-state index contributed by atoms with van der Waals surface area (Å²) in [5, 5.41) is 3.78. The van der Waals surface area contributed by atoms with Gasteiger partial charge in [-0.1, -0.05) is 30.7 Å². The van der Waals surface area contributed by atoms with E-state index in [-0.39, 0.29) is 11.5 Å². The number of aromatic nitrogens is 2. The molecule has 8 heteroatoms. The van der Waals surface area contributed by atoms with E-state index in [1.54, 1.807) is 11.3 Å². The van der Waals surface area contributed by atoms with Gasteiger partial charge >= 0.3 is 0 Å². The lowest BCUT2D eigenvalue weighted by atomic mass is 10.0. The van der Waals surface area contributed by atoms with Crippen LogP contribution in [0.25, 0.3) is 10.2 Å². The minimum atomic E-state index is -0.0392. The number of fused-ring (bicyclic) bond motifs is 3. The zero-order chi connectivity index (χ0) is 23.5. The quantitative estimate of drug-likeness (QED) is 0.483. The summed E-state index contributed by atoms with van der Waals surface area (Å²) < 4.78 is 0. The van der Waals surface area contributed by atoms with Crippen LogP contribution in [0.4, 0.5) is 0 Å². The molecule has 0 bridgehead atoms. The number of hydrogen-bond donors (Lipinski definition) is 2. The number of hydrogen-bond acceptors (Lipinski definition) is 6. The second kappa shape index (κ2) is 10.6. The standard InChI is InChI=1S/C26H32N4O2S2/c1-17-5-2-3-12-30(17)14-19-10-8-18(9-11-19)13-27-23(31)16-33-15-22-28-25(32)24-20-6-4-7-21(20)34-26(24)29-22/h8-11,17H,2-7,12-16H2,1H3,(H,27,31)(H,28,29,32). The van der Waals surface area contributed by atoms with Crippen LogP contribution in [0.2, 0.25) is 0 Å². The fourth-order valence-electron chi connectivity index (χ4n) is 5.00. The first-order chi connectivity index (χ1) is 16.6. The van der Waals surface area contributed by atoms with Crippen molar-refractivity contribution in [1.29, 1.82) is 0 Å². The summed E-state index contributed by atoms with van der Waals surface area (Å²) >= 11 is 3.12. The van der Waals surface area contributed by atoms with Crippen LogP contribution in [0.1, 0.15) is 60.0 Å². The zero-order valence-electron chi connectivity index (χ0n) is 19.7. The molecule has 2 aliphatic rings. The Kier molecular flexibility index (Phi) is 7.37. The maximum atomic E-state index is 12.5. The molecule has 2 N–H and O–H groups in total. The maximum Gasteiger partial charge on any atom is 0.259 e. The van der Waals surface area contributed by atoms with Crippen molar-refractivity contribution in [2.24, 2.45) is 0 Å². The number of nitrogens with one attached hydrogen (secondary N) is 2. The summed E-state index contributed by atoms with van der Waals surface area (Å²) in [6.07, 6.45) is 7.09. The van der Waals surface area contributed by atoms with Gasteiger partial charge in [0.05, 0.1) is 16.9 Å². The van der Waals surface area contributed by atoms with Gasteiger partial charge in [-0.3, -0.25) is 14.5 Å². The van der Waals surface area contributed by atoms with Crippen molar-refractivity contribution in [2.45, 2.75) is 70.3 Å². The number of aryl methyl sites for hydroxylation is 2. The third kappa shape index (κ3) is 5.39. The molecule has 1 aliphatic carbocycles. The lowest BCUT2D eigenvalue weighted by Gasteiger charge is -2.33. The first-order valence-electron chi connectivity index (χ1n) is 12.3. The Morgan fingerprint density at radius 2 is 2.03 bits per heavy atom. The average molecular weight is 497 g/mol. The molecule has 0 saturated carbocycles. The van der Waals surface area contributed by atoms with E-state index in [2.05, 4.69) is 51.4 Å². The van der Waals surface area contributed by atoms with E-state index in [4.69, 9.17) is 0 Å². The van der Waals surface area contributed by atoms with E-state index in [1.807, 2.05) is 0 Å². The largest absolute Gasteiger partial charge is 0.351 e. The Labute approximate surface area is 208 Å². The van der Waals surface area contributed by atoms with Crippen LogP contribution in [-0.4, -0.2) is 39.1 Å². The van der Waals surface area contributed by atoms with Crippen LogP contribution in [-0.2, 0) is 36.5 Å². The third-order valence-corrected chi connectivity index (χ3v) is 9.06. The van der Waals surface area contributed by atoms with E-state index < -0.39 is 0 Å². The van der Waals surface area contributed by atoms with Crippen molar-refractivity contribution in [2.75, 3.05) is 12.3 Å². The molecular weight excluding hydrogens is 464 g/mol. The summed E-state index contributed by atoms with van der Waals surface area (Å²) in [4.78, 5) is 37.1. The lowest BCUT2D eigenvalue weighted by molar-refractivity contribution is -0.118. The van der Waals surface area contributed by atoms with Gasteiger partial charge in [-0.15, -0.1) is 23.1 Å². The van der Waals surface area contributed by atoms with Crippen molar-refractivity contribution in [3.8, 4) is 0 Å². The second-order valence-corrected chi connectivity index (χ2v) is 11.5. The number of amides is 1. The molecule has 5 rings (SSSR count). The average Bonchev–Trinajstić information content (AvgIpc) is 3.41. The highest BCUT2D eigenvalue weighted by Gasteiger charge is 2.21. The van der Waals surface area contributed by atoms with Crippen molar-refractivity contribution < 1.29 is 4.79 Å². The SMILES string of the molecule is CC1CCCCN1Cc1ccc(CNC(=O)CSCc2nc3sc4c(c3c(=O)[nH]2)CCC4)cc1. The van der Waals surface area contributed by atoms with Crippen molar-refractivity contribution in [3.05, 3.63) is 62.0 Å². The Balaban J connectivity index is 1.07. The van der Waals surface area contributed by atoms with Gasteiger partial charge in [-0.25, -0.2) is 4.98 Å². The molecule has 1 amide bonds. The van der Waals surface area contributed by atoms with Gasteiger partial charge in [-0.05, 0) is 62.3 Å². The Morgan fingerprint density at radius 1 is 1.21 bits per heavy atom. The molecule has 1 atom stereocenters. The number of aromatic amines is 1. The lowest BCUT2D eigenvalue weighted by Crippen LogP contribution is -2.36. The third-order valence-electron chi connectivity index (χ3n) is 6.93. The summed E-state index contributed by atoms with van der Waals surface area (Å²) in [6, 6.07) is 9.23. The van der Waals surface area contributed by atoms with Gasteiger partial charge in [0.15, 0.2) is 0 Å². The number of thioether (sulfide) groups is 1. The number of H-pyrrole nitrogens is 1. The minimum Gasteiger partial charge on any atom is -0.351 e. The first kappa shape index (κ1) is 23.6. The van der Waals surface area contributed by atoms with Gasteiger partial charge in [0.2, 0.25) is 5.91 Å². The van der Waals surface area contributed by atoms with Gasteiger partial charge in [0.25, 0.3) is 5.56 Å². The van der Waals surface area contributed by atoms with E-state index in [1.165, 1.54) is 53.6 Å². The van der Waals surface area contributed by atoms with Crippen molar-refractivity contribution >= 4 is 39.2 Å². The second-order valence-electron chi connectivity index (χ2n) is 9.45. The maximum absolute atomic E-state index is 12.5. The van der Waals surface area contributed by atoms with Crippen molar-refractivity contribution in [1.82, 2.24) is 20.2 Å².